The van der Waals surface area contributed by atoms with Crippen LogP contribution in [-0.2, 0) is 9.59 Å². The molecular formula is C4H4LiNaO4. The maximum Gasteiger partial charge on any atom is 0.328 e. The third-order valence-corrected chi connectivity index (χ3v) is 0.368. The van der Waals surface area contributed by atoms with E-state index in [0.717, 1.165) is 0 Å². The van der Waals surface area contributed by atoms with Gasteiger partial charge in [-0.1, -0.05) is 0 Å². The molecule has 0 aromatic rings. The molecule has 0 amide bonds. The van der Waals surface area contributed by atoms with Crippen LogP contribution in [0.2, 0.25) is 0 Å². The molecule has 0 aromatic carbocycles. The molecule has 46 valence electrons. The first-order valence-electron chi connectivity index (χ1n) is 1.77. The van der Waals surface area contributed by atoms with Gasteiger partial charge in [0.2, 0.25) is 0 Å². The van der Waals surface area contributed by atoms with E-state index in [1.165, 1.54) is 0 Å². The average Bonchev–Trinajstić information content (AvgIpc) is 1.61. The fourth-order valence-corrected chi connectivity index (χ4v) is 0.143. The number of aliphatic carboxylic acids is 2. The summed E-state index contributed by atoms with van der Waals surface area (Å²) in [4.78, 5) is 19.1. The molecule has 0 unspecified atom stereocenters. The van der Waals surface area contributed by atoms with Gasteiger partial charge in [-0.3, -0.25) is 0 Å². The minimum atomic E-state index is -1.26. The van der Waals surface area contributed by atoms with Crippen LogP contribution in [0.4, 0.5) is 0 Å². The summed E-state index contributed by atoms with van der Waals surface area (Å²) in [6.45, 7) is 0. The molecule has 6 heteroatoms. The molecule has 0 fully saturated rings. The zero-order valence-corrected chi connectivity index (χ0v) is 7.87. The molecule has 4 nitrogen and oxygen atoms in total. The number of carboxylic acids is 2. The van der Waals surface area contributed by atoms with E-state index >= 15 is 0 Å². The summed E-state index contributed by atoms with van der Waals surface area (Å²) in [5.74, 6) is -2.51. The Bertz CT molecular complexity index is 128. The maximum absolute atomic E-state index is 9.55. The average molecular weight is 146 g/mol. The van der Waals surface area contributed by atoms with Crippen molar-refractivity contribution in [3.8, 4) is 0 Å². The predicted octanol–water partition coefficient (Wildman–Crippen LogP) is -1.05. The summed E-state index contributed by atoms with van der Waals surface area (Å²) in [5, 5.41) is 15.6. The van der Waals surface area contributed by atoms with Gasteiger partial charge in [0, 0.05) is 60.6 Å². The van der Waals surface area contributed by atoms with Crippen molar-refractivity contribution in [1.82, 2.24) is 0 Å². The molecule has 2 radical (unpaired) electrons. The van der Waals surface area contributed by atoms with Crippen molar-refractivity contribution in [2.75, 3.05) is 0 Å². The molecule has 0 aliphatic carbocycles. The minimum absolute atomic E-state index is 0. The first-order valence-corrected chi connectivity index (χ1v) is 1.77. The SMILES string of the molecule is O=C(O)/C=C/C(=O)O.[Li].[Na]. The Hall–Kier alpha value is 0.277. The molecule has 0 saturated carbocycles. The van der Waals surface area contributed by atoms with Gasteiger partial charge in [0.25, 0.3) is 0 Å². The quantitative estimate of drug-likeness (QED) is 0.385. The third-order valence-electron chi connectivity index (χ3n) is 0.368. The van der Waals surface area contributed by atoms with Crippen molar-refractivity contribution in [2.24, 2.45) is 0 Å². The Labute approximate surface area is 91.8 Å². The van der Waals surface area contributed by atoms with Crippen molar-refractivity contribution >= 4 is 60.4 Å². The summed E-state index contributed by atoms with van der Waals surface area (Å²) in [7, 11) is 0. The summed E-state index contributed by atoms with van der Waals surface area (Å²) in [6.07, 6.45) is 1.12. The van der Waals surface area contributed by atoms with Gasteiger partial charge >= 0.3 is 11.9 Å². The second-order valence-electron chi connectivity index (χ2n) is 1.01. The molecule has 0 aliphatic heterocycles. The standard InChI is InChI=1S/C4H4O4.Li.Na/c5-3(6)1-2-4(7)8;;/h1-2H,(H,5,6)(H,7,8);;/b2-1+;;. The molecule has 0 spiro atoms. The second-order valence-corrected chi connectivity index (χ2v) is 1.01. The molecule has 0 atom stereocenters. The van der Waals surface area contributed by atoms with Crippen molar-refractivity contribution < 1.29 is 19.8 Å². The first kappa shape index (κ1) is 16.7. The molecule has 0 saturated heterocycles. The summed E-state index contributed by atoms with van der Waals surface area (Å²) < 4.78 is 0. The predicted molar refractivity (Wildman–Crippen MR) is 35.9 cm³/mol. The van der Waals surface area contributed by atoms with Crippen LogP contribution in [0.5, 0.6) is 0 Å². The monoisotopic (exact) mass is 146 g/mol. The van der Waals surface area contributed by atoms with Gasteiger partial charge in [-0.25, -0.2) is 9.59 Å². The number of carboxylic acid groups (broad SMARTS) is 2. The van der Waals surface area contributed by atoms with Crippen LogP contribution in [0, 0.1) is 0 Å². The number of carbonyl (C=O) groups is 2. The van der Waals surface area contributed by atoms with Gasteiger partial charge in [-0.15, -0.1) is 0 Å². The normalized spacial score (nSPS) is 7.60. The number of hydrogen-bond acceptors (Lipinski definition) is 2. The van der Waals surface area contributed by atoms with Gasteiger partial charge in [-0.2, -0.15) is 0 Å². The molecule has 2 N–H and O–H groups in total. The van der Waals surface area contributed by atoms with Crippen LogP contribution < -0.4 is 0 Å². The van der Waals surface area contributed by atoms with Gasteiger partial charge in [0.05, 0.1) is 0 Å². The first-order chi connectivity index (χ1) is 3.63. The minimum Gasteiger partial charge on any atom is -0.478 e. The van der Waals surface area contributed by atoms with E-state index in [-0.39, 0.29) is 48.4 Å². The third kappa shape index (κ3) is 15.7. The van der Waals surface area contributed by atoms with E-state index in [2.05, 4.69) is 0 Å². The van der Waals surface area contributed by atoms with Crippen molar-refractivity contribution in [3.63, 3.8) is 0 Å². The molecule has 0 aromatic heterocycles. The number of rotatable bonds is 2. The zero-order valence-electron chi connectivity index (χ0n) is 5.87. The van der Waals surface area contributed by atoms with Crippen LogP contribution in [0.15, 0.2) is 12.2 Å². The van der Waals surface area contributed by atoms with Gasteiger partial charge in [0.15, 0.2) is 0 Å². The van der Waals surface area contributed by atoms with Crippen LogP contribution in [0.25, 0.3) is 0 Å². The molecule has 0 heterocycles. The Morgan fingerprint density at radius 2 is 1.20 bits per heavy atom. The van der Waals surface area contributed by atoms with E-state index in [9.17, 15) is 9.59 Å². The topological polar surface area (TPSA) is 74.6 Å². The van der Waals surface area contributed by atoms with Crippen molar-refractivity contribution in [2.45, 2.75) is 0 Å². The van der Waals surface area contributed by atoms with Gasteiger partial charge < -0.3 is 10.2 Å². The summed E-state index contributed by atoms with van der Waals surface area (Å²) in [5.41, 5.74) is 0. The van der Waals surface area contributed by atoms with E-state index in [0.29, 0.717) is 12.2 Å². The molecule has 0 bridgehead atoms. The largest absolute Gasteiger partial charge is 0.478 e. The zero-order chi connectivity index (χ0) is 6.57. The Balaban J connectivity index is -0.000000245. The van der Waals surface area contributed by atoms with Crippen LogP contribution in [0.1, 0.15) is 0 Å². The van der Waals surface area contributed by atoms with Gasteiger partial charge in [-0.05, 0) is 0 Å². The Morgan fingerprint density at radius 3 is 1.30 bits per heavy atom. The Kier molecular flexibility index (Phi) is 15.5. The molecular weight excluding hydrogens is 142 g/mol. The summed E-state index contributed by atoms with van der Waals surface area (Å²) in [6, 6.07) is 0. The van der Waals surface area contributed by atoms with E-state index < -0.39 is 11.9 Å². The fourth-order valence-electron chi connectivity index (χ4n) is 0.143. The fraction of sp³-hybridized carbons (Fsp3) is 0. The second kappa shape index (κ2) is 9.28. The van der Waals surface area contributed by atoms with Crippen LogP contribution >= 0.6 is 0 Å². The maximum atomic E-state index is 9.55. The molecule has 10 heavy (non-hydrogen) atoms. The van der Waals surface area contributed by atoms with Gasteiger partial charge in [0.1, 0.15) is 0 Å². The Morgan fingerprint density at radius 1 is 1.00 bits per heavy atom. The smallest absolute Gasteiger partial charge is 0.328 e. The van der Waals surface area contributed by atoms with E-state index in [4.69, 9.17) is 10.2 Å². The van der Waals surface area contributed by atoms with E-state index in [1.807, 2.05) is 0 Å². The molecule has 0 aliphatic rings. The van der Waals surface area contributed by atoms with Crippen LogP contribution in [-0.4, -0.2) is 70.6 Å². The number of hydrogen-bond donors (Lipinski definition) is 2. The van der Waals surface area contributed by atoms with E-state index in [1.54, 1.807) is 0 Å². The molecule has 0 rings (SSSR count). The van der Waals surface area contributed by atoms with Crippen LogP contribution in [0.3, 0.4) is 0 Å². The van der Waals surface area contributed by atoms with Crippen molar-refractivity contribution in [3.05, 3.63) is 12.2 Å². The summed E-state index contributed by atoms with van der Waals surface area (Å²) >= 11 is 0. The van der Waals surface area contributed by atoms with Crippen molar-refractivity contribution in [1.29, 1.82) is 0 Å².